The first-order chi connectivity index (χ1) is 17.4. The lowest BCUT2D eigenvalue weighted by Crippen LogP contribution is -2.49. The average Bonchev–Trinajstić information content (AvgIpc) is 2.86. The fourth-order valence-corrected chi connectivity index (χ4v) is 8.21. The molecule has 0 aromatic carbocycles. The Morgan fingerprint density at radius 3 is 1.19 bits per heavy atom. The quantitative estimate of drug-likeness (QED) is 0.0566. The number of hydrogen-bond donors (Lipinski definition) is 4. The summed E-state index contributed by atoms with van der Waals surface area (Å²) in [5.74, 6) is 1.82. The highest BCUT2D eigenvalue weighted by Crippen LogP contribution is 2.39. The van der Waals surface area contributed by atoms with Gasteiger partial charge in [0.25, 0.3) is 0 Å². The van der Waals surface area contributed by atoms with Crippen molar-refractivity contribution in [1.82, 2.24) is 9.80 Å². The third-order valence-electron chi connectivity index (χ3n) is 8.03. The van der Waals surface area contributed by atoms with Gasteiger partial charge >= 0.3 is 0 Å². The Bertz CT molecular complexity index is 578. The van der Waals surface area contributed by atoms with Gasteiger partial charge in [-0.3, -0.25) is 0 Å². The highest BCUT2D eigenvalue weighted by Gasteiger charge is 2.36. The fourth-order valence-electron chi connectivity index (χ4n) is 5.89. The van der Waals surface area contributed by atoms with Crippen LogP contribution in [0.15, 0.2) is 0 Å². The van der Waals surface area contributed by atoms with Crippen LogP contribution in [0.25, 0.3) is 0 Å². The Morgan fingerprint density at radius 2 is 0.861 bits per heavy atom. The van der Waals surface area contributed by atoms with Gasteiger partial charge in [-0.25, -0.2) is 0 Å². The minimum atomic E-state index is -0.0271. The highest BCUT2D eigenvalue weighted by molar-refractivity contribution is 7.82. The van der Waals surface area contributed by atoms with Gasteiger partial charge in [-0.15, -0.1) is 0 Å². The van der Waals surface area contributed by atoms with E-state index in [1.807, 2.05) is 0 Å². The third-order valence-corrected chi connectivity index (χ3v) is 10.9. The van der Waals surface area contributed by atoms with Crippen molar-refractivity contribution in [1.29, 1.82) is 0 Å². The van der Waals surface area contributed by atoms with Crippen molar-refractivity contribution in [3.05, 3.63) is 0 Å². The Hall–Kier alpha value is 1.18. The SMILES string of the molecule is S=C(CCCCCCCCC(=S)N(CCCS)C1(S)CCCCC1)N(CCCS)C1(S)CCCCC1. The number of thiol groups is 4. The van der Waals surface area contributed by atoms with E-state index in [1.165, 1.54) is 77.0 Å². The standard InChI is InChI=1S/C28H52N2S6/c31-23-13-21-29(27(35)17-9-5-10-18-27)25(33)15-7-3-1-2-4-8-16-26(34)30(22-14-24-32)28(36)19-11-6-12-20-28/h31-32,35-36H,1-24H2. The topological polar surface area (TPSA) is 6.48 Å². The summed E-state index contributed by atoms with van der Waals surface area (Å²) in [5, 5.41) is 0. The monoisotopic (exact) mass is 608 g/mol. The molecule has 0 radical (unpaired) electrons. The molecule has 0 amide bonds. The summed E-state index contributed by atoms with van der Waals surface area (Å²) < 4.78 is 0. The van der Waals surface area contributed by atoms with Gasteiger partial charge < -0.3 is 9.80 Å². The number of hydrogen-bond acceptors (Lipinski definition) is 6. The Balaban J connectivity index is 1.65. The van der Waals surface area contributed by atoms with Gasteiger partial charge in [0.05, 0.1) is 19.7 Å². The predicted molar refractivity (Wildman–Crippen MR) is 182 cm³/mol. The summed E-state index contributed by atoms with van der Waals surface area (Å²) in [6.07, 6.45) is 24.1. The fraction of sp³-hybridized carbons (Fsp3) is 0.929. The molecule has 210 valence electrons. The van der Waals surface area contributed by atoms with Crippen LogP contribution in [0, 0.1) is 0 Å². The molecular formula is C28H52N2S6. The molecule has 2 rings (SSSR count). The predicted octanol–water partition coefficient (Wildman–Crippen LogP) is 9.19. The molecule has 0 aromatic rings. The molecule has 2 aliphatic carbocycles. The first-order valence-corrected chi connectivity index (χ1v) is 17.6. The van der Waals surface area contributed by atoms with E-state index >= 15 is 0 Å². The second kappa shape index (κ2) is 18.5. The number of nitrogens with zero attached hydrogens (tertiary/aromatic N) is 2. The molecule has 2 aliphatic rings. The van der Waals surface area contributed by atoms with Crippen LogP contribution in [0.4, 0.5) is 0 Å². The lowest BCUT2D eigenvalue weighted by molar-refractivity contribution is 0.212. The van der Waals surface area contributed by atoms with Gasteiger partial charge in [-0.05, 0) is 75.7 Å². The molecular weight excluding hydrogens is 557 g/mol. The minimum absolute atomic E-state index is 0.0271. The van der Waals surface area contributed by atoms with E-state index in [9.17, 15) is 0 Å². The smallest absolute Gasteiger partial charge is 0.0836 e. The Kier molecular flexibility index (Phi) is 17.2. The molecule has 8 heteroatoms. The van der Waals surface area contributed by atoms with E-state index in [2.05, 4.69) is 35.1 Å². The second-order valence-electron chi connectivity index (χ2n) is 11.0. The Morgan fingerprint density at radius 1 is 0.528 bits per heavy atom. The normalized spacial score (nSPS) is 19.1. The van der Waals surface area contributed by atoms with E-state index in [0.29, 0.717) is 0 Å². The van der Waals surface area contributed by atoms with Crippen LogP contribution in [0.2, 0.25) is 0 Å². The first-order valence-electron chi connectivity index (χ1n) is 14.6. The highest BCUT2D eigenvalue weighted by atomic mass is 32.1. The van der Waals surface area contributed by atoms with Crippen molar-refractivity contribution in [3.8, 4) is 0 Å². The molecule has 0 heterocycles. The van der Waals surface area contributed by atoms with E-state index < -0.39 is 0 Å². The molecule has 2 nitrogen and oxygen atoms in total. The van der Waals surface area contributed by atoms with Crippen LogP contribution >= 0.6 is 75.0 Å². The summed E-state index contributed by atoms with van der Waals surface area (Å²) in [7, 11) is 0. The van der Waals surface area contributed by atoms with Crippen LogP contribution in [0.3, 0.4) is 0 Å². The van der Waals surface area contributed by atoms with Crippen molar-refractivity contribution in [2.75, 3.05) is 24.6 Å². The Labute approximate surface area is 255 Å². The molecule has 2 fully saturated rings. The van der Waals surface area contributed by atoms with Crippen LogP contribution in [-0.4, -0.2) is 54.1 Å². The van der Waals surface area contributed by atoms with Gasteiger partial charge in [0.15, 0.2) is 0 Å². The number of unbranched alkanes of at least 4 members (excludes halogenated alkanes) is 5. The largest absolute Gasteiger partial charge is 0.352 e. The maximum Gasteiger partial charge on any atom is 0.0836 e. The van der Waals surface area contributed by atoms with E-state index in [-0.39, 0.29) is 9.74 Å². The molecule has 0 saturated heterocycles. The molecule has 0 bridgehead atoms. The van der Waals surface area contributed by atoms with Gasteiger partial charge in [0.1, 0.15) is 0 Å². The van der Waals surface area contributed by atoms with E-state index in [0.717, 1.165) is 85.9 Å². The zero-order valence-corrected chi connectivity index (χ0v) is 27.7. The third kappa shape index (κ3) is 11.3. The molecule has 0 N–H and O–H groups in total. The van der Waals surface area contributed by atoms with Gasteiger partial charge in [0, 0.05) is 13.1 Å². The zero-order valence-electron chi connectivity index (χ0n) is 22.5. The lowest BCUT2D eigenvalue weighted by Gasteiger charge is -2.45. The number of thiocarbonyl (C=S) groups is 2. The molecule has 36 heavy (non-hydrogen) atoms. The lowest BCUT2D eigenvalue weighted by atomic mass is 9.92. The van der Waals surface area contributed by atoms with Crippen LogP contribution in [-0.2, 0) is 0 Å². The van der Waals surface area contributed by atoms with E-state index in [4.69, 9.17) is 49.7 Å². The molecule has 0 unspecified atom stereocenters. The summed E-state index contributed by atoms with van der Waals surface area (Å²) in [5.41, 5.74) is 0. The summed E-state index contributed by atoms with van der Waals surface area (Å²) >= 11 is 31.0. The summed E-state index contributed by atoms with van der Waals surface area (Å²) in [4.78, 5) is 7.12. The maximum atomic E-state index is 5.93. The van der Waals surface area contributed by atoms with Crippen molar-refractivity contribution in [2.45, 2.75) is 138 Å². The minimum Gasteiger partial charge on any atom is -0.352 e. The second-order valence-corrected chi connectivity index (χ2v) is 14.5. The van der Waals surface area contributed by atoms with Gasteiger partial charge in [-0.2, -0.15) is 50.5 Å². The zero-order chi connectivity index (χ0) is 26.3. The molecule has 0 aliphatic heterocycles. The number of rotatable bonds is 17. The van der Waals surface area contributed by atoms with Crippen LogP contribution in [0.5, 0.6) is 0 Å². The van der Waals surface area contributed by atoms with Crippen LogP contribution < -0.4 is 0 Å². The summed E-state index contributed by atoms with van der Waals surface area (Å²) in [6.45, 7) is 2.01. The van der Waals surface area contributed by atoms with Crippen molar-refractivity contribution in [2.24, 2.45) is 0 Å². The first kappa shape index (κ1) is 33.4. The molecule has 0 aromatic heterocycles. The molecule has 2 saturated carbocycles. The van der Waals surface area contributed by atoms with Crippen molar-refractivity contribution >= 4 is 84.9 Å². The van der Waals surface area contributed by atoms with E-state index in [1.54, 1.807) is 0 Å². The summed E-state index contributed by atoms with van der Waals surface area (Å²) in [6, 6.07) is 0. The molecule has 0 spiro atoms. The van der Waals surface area contributed by atoms with Gasteiger partial charge in [-0.1, -0.05) is 88.6 Å². The molecule has 0 atom stereocenters. The van der Waals surface area contributed by atoms with Crippen molar-refractivity contribution in [3.63, 3.8) is 0 Å². The average molecular weight is 609 g/mol. The van der Waals surface area contributed by atoms with Crippen LogP contribution in [0.1, 0.15) is 128 Å². The van der Waals surface area contributed by atoms with Crippen molar-refractivity contribution < 1.29 is 0 Å². The maximum absolute atomic E-state index is 5.93. The van der Waals surface area contributed by atoms with Gasteiger partial charge in [0.2, 0.25) is 0 Å².